The number of hydrogen-bond donors (Lipinski definition) is 0. The quantitative estimate of drug-likeness (QED) is 0.805. The molecule has 0 spiro atoms. The smallest absolute Gasteiger partial charge is 0.171 e. The summed E-state index contributed by atoms with van der Waals surface area (Å²) in [5.74, 6) is 0.711. The molecule has 1 heterocycles. The highest BCUT2D eigenvalue weighted by Crippen LogP contribution is 2.28. The van der Waals surface area contributed by atoms with Gasteiger partial charge in [0.25, 0.3) is 0 Å². The molecule has 17 heavy (non-hydrogen) atoms. The minimum absolute atomic E-state index is 0.0289. The highest BCUT2D eigenvalue weighted by molar-refractivity contribution is 9.10. The van der Waals surface area contributed by atoms with Crippen molar-refractivity contribution in [1.82, 2.24) is 0 Å². The summed E-state index contributed by atoms with van der Waals surface area (Å²) in [6, 6.07) is 5.48. The molecular weight excluding hydrogens is 284 g/mol. The Morgan fingerprint density at radius 3 is 3.00 bits per heavy atom. The summed E-state index contributed by atoms with van der Waals surface area (Å²) < 4.78 is 11.5. The molecule has 0 N–H and O–H groups in total. The summed E-state index contributed by atoms with van der Waals surface area (Å²) in [5.41, 5.74) is 0.645. The summed E-state index contributed by atoms with van der Waals surface area (Å²) in [6.45, 7) is 1.29. The number of rotatable bonds is 3. The average Bonchev–Trinajstić information content (AvgIpc) is 2.39. The zero-order valence-corrected chi connectivity index (χ0v) is 11.3. The average molecular weight is 299 g/mol. The summed E-state index contributed by atoms with van der Waals surface area (Å²) in [4.78, 5) is 12.3. The predicted molar refractivity (Wildman–Crippen MR) is 68.6 cm³/mol. The summed E-state index contributed by atoms with van der Waals surface area (Å²) >= 11 is 3.37. The topological polar surface area (TPSA) is 35.5 Å². The van der Waals surface area contributed by atoms with Crippen molar-refractivity contribution in [3.63, 3.8) is 0 Å². The zero-order valence-electron chi connectivity index (χ0n) is 9.74. The van der Waals surface area contributed by atoms with E-state index in [2.05, 4.69) is 15.9 Å². The molecule has 0 bridgehead atoms. The van der Waals surface area contributed by atoms with E-state index in [9.17, 15) is 4.79 Å². The maximum absolute atomic E-state index is 12.3. The highest BCUT2D eigenvalue weighted by Gasteiger charge is 2.25. The van der Waals surface area contributed by atoms with Crippen molar-refractivity contribution >= 4 is 21.7 Å². The van der Waals surface area contributed by atoms with Crippen molar-refractivity contribution in [2.45, 2.75) is 12.8 Å². The van der Waals surface area contributed by atoms with E-state index < -0.39 is 0 Å². The van der Waals surface area contributed by atoms with Gasteiger partial charge in [-0.1, -0.05) is 15.9 Å². The molecule has 2 rings (SSSR count). The van der Waals surface area contributed by atoms with Gasteiger partial charge >= 0.3 is 0 Å². The van der Waals surface area contributed by atoms with Crippen LogP contribution >= 0.6 is 15.9 Å². The molecule has 0 saturated carbocycles. The number of carbonyl (C=O) groups is 1. The van der Waals surface area contributed by atoms with Crippen LogP contribution in [0.2, 0.25) is 0 Å². The van der Waals surface area contributed by atoms with Gasteiger partial charge in [0.2, 0.25) is 0 Å². The van der Waals surface area contributed by atoms with E-state index in [1.54, 1.807) is 13.2 Å². The van der Waals surface area contributed by atoms with Gasteiger partial charge < -0.3 is 9.47 Å². The number of ether oxygens (including phenoxy) is 2. The van der Waals surface area contributed by atoms with Gasteiger partial charge in [-0.2, -0.15) is 0 Å². The predicted octanol–water partition coefficient (Wildman–Crippen LogP) is 3.07. The largest absolute Gasteiger partial charge is 0.496 e. The Kier molecular flexibility index (Phi) is 4.18. The standard InChI is InChI=1S/C13H15BrO3/c1-16-12-7-10(14)4-5-11(12)13(15)9-3-2-6-17-8-9/h4-5,7,9H,2-3,6,8H2,1H3. The van der Waals surface area contributed by atoms with Crippen molar-refractivity contribution in [1.29, 1.82) is 0 Å². The normalized spacial score (nSPS) is 20.0. The SMILES string of the molecule is COc1cc(Br)ccc1C(=O)C1CCCOC1. The Morgan fingerprint density at radius 1 is 1.53 bits per heavy atom. The molecule has 1 atom stereocenters. The van der Waals surface area contributed by atoms with Gasteiger partial charge in [0.05, 0.1) is 19.3 Å². The van der Waals surface area contributed by atoms with E-state index in [4.69, 9.17) is 9.47 Å². The second-order valence-electron chi connectivity index (χ2n) is 4.12. The lowest BCUT2D eigenvalue weighted by Crippen LogP contribution is -2.25. The molecule has 1 aromatic carbocycles. The molecule has 4 heteroatoms. The van der Waals surface area contributed by atoms with Gasteiger partial charge in [-0.25, -0.2) is 0 Å². The number of methoxy groups -OCH3 is 1. The van der Waals surface area contributed by atoms with Crippen molar-refractivity contribution in [3.05, 3.63) is 28.2 Å². The van der Waals surface area contributed by atoms with Crippen LogP contribution < -0.4 is 4.74 Å². The molecule has 1 unspecified atom stereocenters. The molecule has 1 saturated heterocycles. The molecule has 1 aliphatic rings. The van der Waals surface area contributed by atoms with Crippen LogP contribution in [0.5, 0.6) is 5.75 Å². The maximum atomic E-state index is 12.3. The Labute approximate surface area is 109 Å². The molecule has 1 aromatic rings. The molecule has 3 nitrogen and oxygen atoms in total. The summed E-state index contributed by atoms with van der Waals surface area (Å²) in [7, 11) is 1.58. The van der Waals surface area contributed by atoms with Crippen LogP contribution in [0.3, 0.4) is 0 Å². The lowest BCUT2D eigenvalue weighted by atomic mass is 9.92. The van der Waals surface area contributed by atoms with Gasteiger partial charge in [0.1, 0.15) is 5.75 Å². The first kappa shape index (κ1) is 12.6. The van der Waals surface area contributed by atoms with Gasteiger partial charge in [0, 0.05) is 17.0 Å². The number of Topliss-reactive ketones (excluding diaryl/α,β-unsaturated/α-hetero) is 1. The van der Waals surface area contributed by atoms with Gasteiger partial charge in [-0.05, 0) is 31.0 Å². The van der Waals surface area contributed by atoms with Crippen molar-refractivity contribution in [3.8, 4) is 5.75 Å². The molecule has 0 radical (unpaired) electrons. The molecule has 1 aliphatic heterocycles. The van der Waals surface area contributed by atoms with Gasteiger partial charge in [-0.15, -0.1) is 0 Å². The number of hydrogen-bond acceptors (Lipinski definition) is 3. The maximum Gasteiger partial charge on any atom is 0.171 e. The van der Waals surface area contributed by atoms with E-state index in [1.807, 2.05) is 12.1 Å². The molecule has 0 aromatic heterocycles. The minimum atomic E-state index is -0.0289. The van der Waals surface area contributed by atoms with Crippen molar-refractivity contribution < 1.29 is 14.3 Å². The Bertz CT molecular complexity index is 411. The number of benzene rings is 1. The number of carbonyl (C=O) groups excluding carboxylic acids is 1. The van der Waals surface area contributed by atoms with E-state index in [0.717, 1.165) is 23.9 Å². The lowest BCUT2D eigenvalue weighted by Gasteiger charge is -2.21. The van der Waals surface area contributed by atoms with Crippen molar-refractivity contribution in [2.24, 2.45) is 5.92 Å². The summed E-state index contributed by atoms with van der Waals surface area (Å²) in [6.07, 6.45) is 1.85. The van der Waals surface area contributed by atoms with Crippen LogP contribution in [0.4, 0.5) is 0 Å². The molecular formula is C13H15BrO3. The van der Waals surface area contributed by atoms with Crippen LogP contribution in [0, 0.1) is 5.92 Å². The Morgan fingerprint density at radius 2 is 2.35 bits per heavy atom. The zero-order chi connectivity index (χ0) is 12.3. The van der Waals surface area contributed by atoms with Crippen LogP contribution in [0.15, 0.2) is 22.7 Å². The van der Waals surface area contributed by atoms with E-state index >= 15 is 0 Å². The second kappa shape index (κ2) is 5.65. The van der Waals surface area contributed by atoms with E-state index in [1.165, 1.54) is 0 Å². The highest BCUT2D eigenvalue weighted by atomic mass is 79.9. The first-order valence-corrected chi connectivity index (χ1v) is 6.47. The molecule has 92 valence electrons. The van der Waals surface area contributed by atoms with Crippen LogP contribution in [-0.4, -0.2) is 26.1 Å². The molecule has 0 aliphatic carbocycles. The Balaban J connectivity index is 2.23. The van der Waals surface area contributed by atoms with Gasteiger partial charge in [-0.3, -0.25) is 4.79 Å². The third kappa shape index (κ3) is 2.87. The lowest BCUT2D eigenvalue weighted by molar-refractivity contribution is 0.0459. The van der Waals surface area contributed by atoms with E-state index in [-0.39, 0.29) is 11.7 Å². The fourth-order valence-corrected chi connectivity index (χ4v) is 2.38. The molecule has 0 amide bonds. The fraction of sp³-hybridized carbons (Fsp3) is 0.462. The number of ketones is 1. The summed E-state index contributed by atoms with van der Waals surface area (Å²) in [5, 5.41) is 0. The van der Waals surface area contributed by atoms with Crippen LogP contribution in [-0.2, 0) is 4.74 Å². The third-order valence-electron chi connectivity index (χ3n) is 2.96. The van der Waals surface area contributed by atoms with Gasteiger partial charge in [0.15, 0.2) is 5.78 Å². The van der Waals surface area contributed by atoms with E-state index in [0.29, 0.717) is 17.9 Å². The fourth-order valence-electron chi connectivity index (χ4n) is 2.04. The van der Waals surface area contributed by atoms with Crippen LogP contribution in [0.1, 0.15) is 23.2 Å². The minimum Gasteiger partial charge on any atom is -0.496 e. The monoisotopic (exact) mass is 298 g/mol. The number of halogens is 1. The first-order valence-electron chi connectivity index (χ1n) is 5.68. The Hall–Kier alpha value is -0.870. The second-order valence-corrected chi connectivity index (χ2v) is 5.04. The third-order valence-corrected chi connectivity index (χ3v) is 3.45. The first-order chi connectivity index (χ1) is 8.22. The van der Waals surface area contributed by atoms with Crippen molar-refractivity contribution in [2.75, 3.05) is 20.3 Å². The molecule has 1 fully saturated rings. The van der Waals surface area contributed by atoms with Crippen LogP contribution in [0.25, 0.3) is 0 Å².